The highest BCUT2D eigenvalue weighted by Gasteiger charge is 2.17. The molecule has 0 saturated heterocycles. The Morgan fingerprint density at radius 1 is 1.67 bits per heavy atom. The Hall–Kier alpha value is -1.34. The summed E-state index contributed by atoms with van der Waals surface area (Å²) < 4.78 is 1.79. The quantitative estimate of drug-likeness (QED) is 0.581. The van der Waals surface area contributed by atoms with E-state index < -0.39 is 0 Å². The Balaban J connectivity index is 2.56. The highest BCUT2D eigenvalue weighted by Crippen LogP contribution is 2.16. The molecule has 2 rings (SSSR count). The lowest BCUT2D eigenvalue weighted by Crippen LogP contribution is -2.24. The SMILES string of the molecule is Cn1nc(C#N)c2c1CNCC2. The average molecular weight is 162 g/mol. The van der Waals surface area contributed by atoms with Crippen LogP contribution in [0.15, 0.2) is 0 Å². The van der Waals surface area contributed by atoms with Gasteiger partial charge in [-0.1, -0.05) is 0 Å². The lowest BCUT2D eigenvalue weighted by Gasteiger charge is -2.12. The second kappa shape index (κ2) is 2.61. The summed E-state index contributed by atoms with van der Waals surface area (Å²) in [5.41, 5.74) is 2.87. The van der Waals surface area contributed by atoms with Crippen molar-refractivity contribution >= 4 is 0 Å². The first-order valence-electron chi connectivity index (χ1n) is 3.98. The number of fused-ring (bicyclic) bond motifs is 1. The molecule has 4 nitrogen and oxygen atoms in total. The van der Waals surface area contributed by atoms with Gasteiger partial charge >= 0.3 is 0 Å². The van der Waals surface area contributed by atoms with E-state index in [9.17, 15) is 0 Å². The van der Waals surface area contributed by atoms with Crippen LogP contribution in [-0.4, -0.2) is 16.3 Å². The molecule has 0 radical (unpaired) electrons. The summed E-state index contributed by atoms with van der Waals surface area (Å²) in [6, 6.07) is 2.12. The molecule has 0 aliphatic carbocycles. The van der Waals surface area contributed by atoms with Crippen LogP contribution in [0.4, 0.5) is 0 Å². The number of hydrogen-bond donors (Lipinski definition) is 1. The van der Waals surface area contributed by atoms with Crippen LogP contribution in [0.3, 0.4) is 0 Å². The van der Waals surface area contributed by atoms with E-state index in [1.54, 1.807) is 4.68 Å². The van der Waals surface area contributed by atoms with Crippen LogP contribution in [-0.2, 0) is 20.0 Å². The van der Waals surface area contributed by atoms with Crippen molar-refractivity contribution < 1.29 is 0 Å². The normalized spacial score (nSPS) is 15.3. The van der Waals surface area contributed by atoms with Crippen molar-refractivity contribution in [3.05, 3.63) is 17.0 Å². The van der Waals surface area contributed by atoms with Gasteiger partial charge in [0.05, 0.1) is 5.69 Å². The molecule has 1 aliphatic rings. The Bertz CT molecular complexity index is 345. The van der Waals surface area contributed by atoms with E-state index in [0.717, 1.165) is 30.8 Å². The number of aryl methyl sites for hydroxylation is 1. The van der Waals surface area contributed by atoms with Crippen LogP contribution >= 0.6 is 0 Å². The van der Waals surface area contributed by atoms with Gasteiger partial charge in [-0.25, -0.2) is 0 Å². The van der Waals surface area contributed by atoms with E-state index in [4.69, 9.17) is 5.26 Å². The van der Waals surface area contributed by atoms with Crippen molar-refractivity contribution in [1.82, 2.24) is 15.1 Å². The van der Waals surface area contributed by atoms with E-state index >= 15 is 0 Å². The first-order chi connectivity index (χ1) is 5.83. The van der Waals surface area contributed by atoms with Crippen molar-refractivity contribution in [2.75, 3.05) is 6.54 Å². The number of hydrogen-bond acceptors (Lipinski definition) is 3. The van der Waals surface area contributed by atoms with Crippen LogP contribution in [0.1, 0.15) is 17.0 Å². The summed E-state index contributed by atoms with van der Waals surface area (Å²) in [6.07, 6.45) is 0.923. The number of rotatable bonds is 0. The number of nitrogens with one attached hydrogen (secondary N) is 1. The molecule has 0 unspecified atom stereocenters. The van der Waals surface area contributed by atoms with Gasteiger partial charge in [-0.2, -0.15) is 10.4 Å². The smallest absolute Gasteiger partial charge is 0.166 e. The highest BCUT2D eigenvalue weighted by atomic mass is 15.3. The zero-order chi connectivity index (χ0) is 8.55. The molecule has 0 bridgehead atoms. The number of nitriles is 1. The molecule has 1 N–H and O–H groups in total. The zero-order valence-electron chi connectivity index (χ0n) is 6.96. The molecule has 1 aromatic heterocycles. The van der Waals surface area contributed by atoms with Gasteiger partial charge < -0.3 is 5.32 Å². The van der Waals surface area contributed by atoms with Gasteiger partial charge in [0, 0.05) is 19.2 Å². The molecule has 1 aliphatic heterocycles. The first-order valence-corrected chi connectivity index (χ1v) is 3.98. The second-order valence-corrected chi connectivity index (χ2v) is 2.94. The third-order valence-corrected chi connectivity index (χ3v) is 2.22. The summed E-state index contributed by atoms with van der Waals surface area (Å²) in [7, 11) is 1.88. The maximum atomic E-state index is 8.76. The molecule has 2 heterocycles. The summed E-state index contributed by atoms with van der Waals surface area (Å²) in [4.78, 5) is 0. The van der Waals surface area contributed by atoms with Gasteiger partial charge in [-0.05, 0) is 13.0 Å². The van der Waals surface area contributed by atoms with Crippen molar-refractivity contribution in [3.63, 3.8) is 0 Å². The van der Waals surface area contributed by atoms with Crippen LogP contribution in [0.25, 0.3) is 0 Å². The summed E-state index contributed by atoms with van der Waals surface area (Å²) in [5.74, 6) is 0. The molecule has 0 amide bonds. The van der Waals surface area contributed by atoms with Gasteiger partial charge in [0.25, 0.3) is 0 Å². The summed E-state index contributed by atoms with van der Waals surface area (Å²) >= 11 is 0. The Morgan fingerprint density at radius 3 is 3.25 bits per heavy atom. The van der Waals surface area contributed by atoms with Crippen molar-refractivity contribution in [2.24, 2.45) is 7.05 Å². The van der Waals surface area contributed by atoms with Crippen molar-refractivity contribution in [3.8, 4) is 6.07 Å². The lowest BCUT2D eigenvalue weighted by atomic mass is 10.1. The van der Waals surface area contributed by atoms with Crippen molar-refractivity contribution in [2.45, 2.75) is 13.0 Å². The first kappa shape index (κ1) is 7.32. The Morgan fingerprint density at radius 2 is 2.50 bits per heavy atom. The molecule has 4 heteroatoms. The zero-order valence-corrected chi connectivity index (χ0v) is 6.96. The Kier molecular flexibility index (Phi) is 1.59. The monoisotopic (exact) mass is 162 g/mol. The lowest BCUT2D eigenvalue weighted by molar-refractivity contribution is 0.593. The summed E-state index contributed by atoms with van der Waals surface area (Å²) in [6.45, 7) is 1.79. The van der Waals surface area contributed by atoms with Gasteiger partial charge in [0.15, 0.2) is 5.69 Å². The third kappa shape index (κ3) is 0.908. The summed E-state index contributed by atoms with van der Waals surface area (Å²) in [5, 5.41) is 16.1. The molecular formula is C8H10N4. The van der Waals surface area contributed by atoms with Gasteiger partial charge in [-0.15, -0.1) is 0 Å². The van der Waals surface area contributed by atoms with Crippen molar-refractivity contribution in [1.29, 1.82) is 5.26 Å². The van der Waals surface area contributed by atoms with Crippen LogP contribution in [0.2, 0.25) is 0 Å². The molecular weight excluding hydrogens is 152 g/mol. The maximum Gasteiger partial charge on any atom is 0.166 e. The van der Waals surface area contributed by atoms with E-state index in [2.05, 4.69) is 16.5 Å². The average Bonchev–Trinajstić information content (AvgIpc) is 2.44. The van der Waals surface area contributed by atoms with Gasteiger partial charge in [-0.3, -0.25) is 4.68 Å². The van der Waals surface area contributed by atoms with Crippen LogP contribution in [0.5, 0.6) is 0 Å². The van der Waals surface area contributed by atoms with E-state index in [-0.39, 0.29) is 0 Å². The van der Waals surface area contributed by atoms with Crippen LogP contribution < -0.4 is 5.32 Å². The Labute approximate surface area is 70.8 Å². The topological polar surface area (TPSA) is 53.6 Å². The minimum Gasteiger partial charge on any atom is -0.311 e. The third-order valence-electron chi connectivity index (χ3n) is 2.22. The fraction of sp³-hybridized carbons (Fsp3) is 0.500. The minimum atomic E-state index is 0.592. The van der Waals surface area contributed by atoms with E-state index in [1.807, 2.05) is 7.05 Å². The van der Waals surface area contributed by atoms with Gasteiger partial charge in [0.2, 0.25) is 0 Å². The minimum absolute atomic E-state index is 0.592. The predicted octanol–water partition coefficient (Wildman–Crippen LogP) is -0.0625. The van der Waals surface area contributed by atoms with Crippen LogP contribution in [0, 0.1) is 11.3 Å². The second-order valence-electron chi connectivity index (χ2n) is 2.94. The van der Waals surface area contributed by atoms with E-state index in [0.29, 0.717) is 5.69 Å². The van der Waals surface area contributed by atoms with E-state index in [1.165, 1.54) is 0 Å². The van der Waals surface area contributed by atoms with Gasteiger partial charge in [0.1, 0.15) is 6.07 Å². The highest BCUT2D eigenvalue weighted by molar-refractivity contribution is 5.36. The molecule has 12 heavy (non-hydrogen) atoms. The fourth-order valence-corrected chi connectivity index (χ4v) is 1.60. The number of nitrogens with zero attached hydrogens (tertiary/aromatic N) is 3. The molecule has 1 aromatic rings. The predicted molar refractivity (Wildman–Crippen MR) is 43.3 cm³/mol. The molecule has 0 aromatic carbocycles. The standard InChI is InChI=1S/C8H10N4/c1-12-8-5-10-3-2-6(8)7(4-9)11-12/h10H,2-3,5H2,1H3. The molecule has 0 saturated carbocycles. The molecule has 0 atom stereocenters. The largest absolute Gasteiger partial charge is 0.311 e. The molecule has 0 fully saturated rings. The molecule has 62 valence electrons. The molecule has 0 spiro atoms. The number of aromatic nitrogens is 2. The maximum absolute atomic E-state index is 8.76. The fourth-order valence-electron chi connectivity index (χ4n) is 1.60.